The van der Waals surface area contributed by atoms with Crippen LogP contribution in [0.2, 0.25) is 0 Å². The Kier molecular flexibility index (Phi) is 5.75. The molecule has 1 unspecified atom stereocenters. The van der Waals surface area contributed by atoms with E-state index in [1.165, 1.54) is 12.1 Å². The van der Waals surface area contributed by atoms with Gasteiger partial charge in [-0.3, -0.25) is 14.9 Å². The molecular formula is C11H14N2O5. The molecule has 0 aliphatic carbocycles. The van der Waals surface area contributed by atoms with Gasteiger partial charge in [-0.2, -0.15) is 0 Å². The molecule has 98 valence electrons. The van der Waals surface area contributed by atoms with E-state index in [-0.39, 0.29) is 18.3 Å². The number of rotatable bonds is 2. The first kappa shape index (κ1) is 14.1. The highest BCUT2D eigenvalue weighted by atomic mass is 16.6. The maximum atomic E-state index is 10.5. The van der Waals surface area contributed by atoms with Crippen molar-refractivity contribution in [1.29, 1.82) is 0 Å². The van der Waals surface area contributed by atoms with Crippen LogP contribution in [0.4, 0.5) is 5.69 Å². The predicted molar refractivity (Wildman–Crippen MR) is 63.4 cm³/mol. The molecule has 1 atom stereocenters. The van der Waals surface area contributed by atoms with Crippen molar-refractivity contribution in [1.82, 2.24) is 5.32 Å². The Morgan fingerprint density at radius 1 is 1.44 bits per heavy atom. The third-order valence-electron chi connectivity index (χ3n) is 2.40. The van der Waals surface area contributed by atoms with E-state index in [2.05, 4.69) is 5.32 Å². The van der Waals surface area contributed by atoms with E-state index in [0.717, 1.165) is 18.7 Å². The van der Waals surface area contributed by atoms with Gasteiger partial charge in [0.1, 0.15) is 0 Å². The van der Waals surface area contributed by atoms with Crippen LogP contribution in [0.1, 0.15) is 11.7 Å². The number of carboxylic acid groups (broad SMARTS) is 1. The number of hydrogen-bond donors (Lipinski definition) is 2. The molecule has 0 aromatic heterocycles. The van der Waals surface area contributed by atoms with Crippen molar-refractivity contribution in [3.63, 3.8) is 0 Å². The quantitative estimate of drug-likeness (QED) is 0.463. The number of non-ortho nitro benzene ring substituents is 1. The molecule has 7 heteroatoms. The van der Waals surface area contributed by atoms with Crippen molar-refractivity contribution in [3.05, 3.63) is 39.9 Å². The third kappa shape index (κ3) is 4.11. The van der Waals surface area contributed by atoms with Crippen molar-refractivity contribution in [3.8, 4) is 0 Å². The number of ether oxygens (including phenoxy) is 1. The summed E-state index contributed by atoms with van der Waals surface area (Å²) in [6.07, 6.45) is 0.0135. The van der Waals surface area contributed by atoms with Gasteiger partial charge in [0, 0.05) is 25.2 Å². The van der Waals surface area contributed by atoms with Crippen LogP contribution < -0.4 is 5.32 Å². The summed E-state index contributed by atoms with van der Waals surface area (Å²) in [7, 11) is 0. The summed E-state index contributed by atoms with van der Waals surface area (Å²) >= 11 is 0. The van der Waals surface area contributed by atoms with Crippen molar-refractivity contribution < 1.29 is 19.6 Å². The highest BCUT2D eigenvalue weighted by Crippen LogP contribution is 2.21. The normalized spacial score (nSPS) is 18.3. The van der Waals surface area contributed by atoms with Gasteiger partial charge in [0.15, 0.2) is 0 Å². The number of nitro groups is 1. The lowest BCUT2D eigenvalue weighted by atomic mass is 10.1. The zero-order valence-electron chi connectivity index (χ0n) is 9.61. The molecule has 1 fully saturated rings. The number of morpholine rings is 1. The van der Waals surface area contributed by atoms with Crippen LogP contribution in [-0.4, -0.2) is 36.2 Å². The number of nitro benzene ring substituents is 1. The summed E-state index contributed by atoms with van der Waals surface area (Å²) in [6.45, 7) is 2.06. The van der Waals surface area contributed by atoms with Crippen molar-refractivity contribution in [2.75, 3.05) is 19.7 Å². The molecule has 1 saturated heterocycles. The van der Waals surface area contributed by atoms with E-state index in [0.29, 0.717) is 6.61 Å². The molecule has 1 heterocycles. The molecule has 0 saturated carbocycles. The zero-order chi connectivity index (χ0) is 13.4. The molecule has 0 bridgehead atoms. The standard InChI is InChI=1S/C10H12N2O3.CH2O2/c13-12(14)9-3-1-8(2-4-9)10-7-11-5-6-15-10;2-1-3/h1-4,10-11H,5-7H2;1H,(H,2,3). The first-order chi connectivity index (χ1) is 8.69. The molecule has 1 aromatic rings. The molecule has 7 nitrogen and oxygen atoms in total. The molecule has 0 amide bonds. The molecule has 2 rings (SSSR count). The van der Waals surface area contributed by atoms with Gasteiger partial charge in [-0.25, -0.2) is 0 Å². The maximum Gasteiger partial charge on any atom is 0.290 e. The minimum atomic E-state index is -0.399. The van der Waals surface area contributed by atoms with Crippen LogP contribution in [-0.2, 0) is 9.53 Å². The predicted octanol–water partition coefficient (Wildman–Crippen LogP) is 0.956. The van der Waals surface area contributed by atoms with Crippen LogP contribution in [0.25, 0.3) is 0 Å². The van der Waals surface area contributed by atoms with Crippen LogP contribution in [0.3, 0.4) is 0 Å². The van der Waals surface area contributed by atoms with Crippen LogP contribution in [0, 0.1) is 10.1 Å². The smallest absolute Gasteiger partial charge is 0.290 e. The summed E-state index contributed by atoms with van der Waals surface area (Å²) in [6, 6.07) is 6.51. The number of benzene rings is 1. The van der Waals surface area contributed by atoms with Gasteiger partial charge < -0.3 is 15.2 Å². The van der Waals surface area contributed by atoms with E-state index in [4.69, 9.17) is 14.6 Å². The van der Waals surface area contributed by atoms with E-state index in [1.807, 2.05) is 0 Å². The van der Waals surface area contributed by atoms with E-state index in [9.17, 15) is 10.1 Å². The second-order valence-corrected chi connectivity index (χ2v) is 3.52. The van der Waals surface area contributed by atoms with E-state index in [1.54, 1.807) is 12.1 Å². The topological polar surface area (TPSA) is 102 Å². The summed E-state index contributed by atoms with van der Waals surface area (Å²) < 4.78 is 5.53. The Labute approximate surface area is 104 Å². The first-order valence-corrected chi connectivity index (χ1v) is 5.33. The Bertz CT molecular complexity index is 387. The lowest BCUT2D eigenvalue weighted by Crippen LogP contribution is -2.33. The summed E-state index contributed by atoms with van der Waals surface area (Å²) in [4.78, 5) is 18.4. The van der Waals surface area contributed by atoms with E-state index < -0.39 is 4.92 Å². The minimum Gasteiger partial charge on any atom is -0.483 e. The van der Waals surface area contributed by atoms with Gasteiger partial charge in [0.05, 0.1) is 17.6 Å². The average Bonchev–Trinajstić information content (AvgIpc) is 2.41. The van der Waals surface area contributed by atoms with Gasteiger partial charge in [0.2, 0.25) is 0 Å². The number of hydrogen-bond acceptors (Lipinski definition) is 5. The van der Waals surface area contributed by atoms with Crippen LogP contribution in [0.15, 0.2) is 24.3 Å². The molecule has 0 spiro atoms. The molecule has 18 heavy (non-hydrogen) atoms. The minimum absolute atomic E-state index is 0.0135. The Balaban J connectivity index is 0.000000492. The third-order valence-corrected chi connectivity index (χ3v) is 2.40. The molecule has 2 N–H and O–H groups in total. The average molecular weight is 254 g/mol. The zero-order valence-corrected chi connectivity index (χ0v) is 9.61. The number of nitrogens with zero attached hydrogens (tertiary/aromatic N) is 1. The fraction of sp³-hybridized carbons (Fsp3) is 0.364. The second kappa shape index (κ2) is 7.36. The second-order valence-electron chi connectivity index (χ2n) is 3.52. The molecule has 1 aromatic carbocycles. The number of carbonyl (C=O) groups is 1. The van der Waals surface area contributed by atoms with Gasteiger partial charge in [-0.05, 0) is 17.7 Å². The Morgan fingerprint density at radius 2 is 2.06 bits per heavy atom. The molecule has 1 aliphatic rings. The Morgan fingerprint density at radius 3 is 2.50 bits per heavy atom. The lowest BCUT2D eigenvalue weighted by Gasteiger charge is -2.23. The van der Waals surface area contributed by atoms with Gasteiger partial charge in [-0.15, -0.1) is 0 Å². The fourth-order valence-corrected chi connectivity index (χ4v) is 1.59. The van der Waals surface area contributed by atoms with Gasteiger partial charge >= 0.3 is 0 Å². The molecular weight excluding hydrogens is 240 g/mol. The maximum absolute atomic E-state index is 10.5. The monoisotopic (exact) mass is 254 g/mol. The fourth-order valence-electron chi connectivity index (χ4n) is 1.59. The van der Waals surface area contributed by atoms with Crippen LogP contribution in [0.5, 0.6) is 0 Å². The molecule has 0 radical (unpaired) electrons. The summed E-state index contributed by atoms with van der Waals surface area (Å²) in [5, 5.41) is 20.6. The molecule has 1 aliphatic heterocycles. The van der Waals surface area contributed by atoms with Crippen molar-refractivity contribution in [2.45, 2.75) is 6.10 Å². The number of nitrogens with one attached hydrogen (secondary N) is 1. The summed E-state index contributed by atoms with van der Waals surface area (Å²) in [5.41, 5.74) is 1.09. The van der Waals surface area contributed by atoms with Crippen LogP contribution >= 0.6 is 0 Å². The highest BCUT2D eigenvalue weighted by Gasteiger charge is 2.16. The Hall–Kier alpha value is -1.99. The van der Waals surface area contributed by atoms with Crippen molar-refractivity contribution >= 4 is 12.2 Å². The van der Waals surface area contributed by atoms with Gasteiger partial charge in [0.25, 0.3) is 12.2 Å². The van der Waals surface area contributed by atoms with Gasteiger partial charge in [-0.1, -0.05) is 0 Å². The SMILES string of the molecule is O=CO.O=[N+]([O-])c1ccc(C2CNCCO2)cc1. The lowest BCUT2D eigenvalue weighted by molar-refractivity contribution is -0.384. The highest BCUT2D eigenvalue weighted by molar-refractivity contribution is 5.34. The first-order valence-electron chi connectivity index (χ1n) is 5.33. The summed E-state index contributed by atoms with van der Waals surface area (Å²) in [5.74, 6) is 0. The van der Waals surface area contributed by atoms with Crippen molar-refractivity contribution in [2.24, 2.45) is 0 Å². The van der Waals surface area contributed by atoms with E-state index >= 15 is 0 Å². The largest absolute Gasteiger partial charge is 0.483 e.